The first-order valence-electron chi connectivity index (χ1n) is 6.54. The minimum atomic E-state index is 0.427. The maximum Gasteiger partial charge on any atom is 0.0979 e. The number of hydrogen-bond donors (Lipinski definition) is 0. The highest BCUT2D eigenvalue weighted by Gasteiger charge is 2.70. The maximum atomic E-state index is 6.01. The Morgan fingerprint density at radius 3 is 2.86 bits per heavy atom. The third kappa shape index (κ3) is 1.18. The summed E-state index contributed by atoms with van der Waals surface area (Å²) in [6.07, 6.45) is 12.1. The highest BCUT2D eigenvalue weighted by atomic mass is 16.6. The summed E-state index contributed by atoms with van der Waals surface area (Å²) < 4.78 is 6.01. The molecule has 0 N–H and O–H groups in total. The molecule has 3 rings (SSSR count). The van der Waals surface area contributed by atoms with Gasteiger partial charge in [0.15, 0.2) is 0 Å². The van der Waals surface area contributed by atoms with E-state index in [0.717, 1.165) is 11.8 Å². The van der Waals surface area contributed by atoms with Crippen molar-refractivity contribution in [2.75, 3.05) is 0 Å². The van der Waals surface area contributed by atoms with E-state index in [1.165, 1.54) is 51.4 Å². The van der Waals surface area contributed by atoms with Gasteiger partial charge in [0.25, 0.3) is 0 Å². The molecule has 2 aliphatic carbocycles. The van der Waals surface area contributed by atoms with Crippen LogP contribution in [0.25, 0.3) is 0 Å². The molecule has 2 saturated carbocycles. The van der Waals surface area contributed by atoms with Crippen LogP contribution in [0.3, 0.4) is 0 Å². The average Bonchev–Trinajstić information content (AvgIpc) is 2.67. The molecule has 1 aliphatic heterocycles. The molecule has 80 valence electrons. The van der Waals surface area contributed by atoms with Crippen molar-refractivity contribution in [2.24, 2.45) is 11.8 Å². The van der Waals surface area contributed by atoms with Crippen LogP contribution in [0.1, 0.15) is 58.3 Å². The minimum absolute atomic E-state index is 0.427. The van der Waals surface area contributed by atoms with Crippen LogP contribution in [0, 0.1) is 11.8 Å². The van der Waals surface area contributed by atoms with Crippen LogP contribution in [0.15, 0.2) is 0 Å². The summed E-state index contributed by atoms with van der Waals surface area (Å²) in [6, 6.07) is 0. The summed E-state index contributed by atoms with van der Waals surface area (Å²) >= 11 is 0. The lowest BCUT2D eigenvalue weighted by atomic mass is 9.84. The van der Waals surface area contributed by atoms with E-state index in [1.54, 1.807) is 0 Å². The molecule has 0 aromatic rings. The van der Waals surface area contributed by atoms with Gasteiger partial charge in [-0.25, -0.2) is 0 Å². The first kappa shape index (κ1) is 9.21. The second-order valence-corrected chi connectivity index (χ2v) is 5.57. The summed E-state index contributed by atoms with van der Waals surface area (Å²) in [4.78, 5) is 0. The van der Waals surface area contributed by atoms with Crippen LogP contribution >= 0.6 is 0 Å². The zero-order valence-corrected chi connectivity index (χ0v) is 9.30. The second kappa shape index (κ2) is 3.23. The predicted octanol–water partition coefficient (Wildman–Crippen LogP) is 3.52. The van der Waals surface area contributed by atoms with E-state index in [4.69, 9.17) is 4.74 Å². The Hall–Kier alpha value is -0.0400. The van der Waals surface area contributed by atoms with Crippen LogP contribution in [0.2, 0.25) is 0 Å². The van der Waals surface area contributed by atoms with Crippen LogP contribution in [-0.4, -0.2) is 11.7 Å². The molecule has 0 aromatic carbocycles. The molecule has 1 heteroatoms. The Labute approximate surface area is 87.2 Å². The van der Waals surface area contributed by atoms with Gasteiger partial charge >= 0.3 is 0 Å². The van der Waals surface area contributed by atoms with E-state index < -0.39 is 0 Å². The summed E-state index contributed by atoms with van der Waals surface area (Å²) in [5, 5.41) is 0. The SMILES string of the molecule is CCCCCCC12OC1C1CCC2C1. The van der Waals surface area contributed by atoms with E-state index >= 15 is 0 Å². The fraction of sp³-hybridized carbons (Fsp3) is 1.00. The lowest BCUT2D eigenvalue weighted by molar-refractivity contribution is 0.182. The number of epoxide rings is 1. The van der Waals surface area contributed by atoms with Gasteiger partial charge < -0.3 is 4.74 Å². The first-order valence-corrected chi connectivity index (χ1v) is 6.54. The Bertz CT molecular complexity index is 225. The van der Waals surface area contributed by atoms with Crippen molar-refractivity contribution >= 4 is 0 Å². The Balaban J connectivity index is 1.50. The molecule has 0 amide bonds. The molecule has 3 aliphatic rings. The standard InChI is InChI=1S/C13H22O/c1-2-3-4-5-8-13-11-7-6-10(9-11)12(13)14-13/h10-12H,2-9H2,1H3. The molecule has 1 saturated heterocycles. The van der Waals surface area contributed by atoms with Gasteiger partial charge in [-0.3, -0.25) is 0 Å². The van der Waals surface area contributed by atoms with Crippen molar-refractivity contribution in [3.63, 3.8) is 0 Å². The molecule has 0 radical (unpaired) electrons. The monoisotopic (exact) mass is 194 g/mol. The lowest BCUT2D eigenvalue weighted by Crippen LogP contribution is -2.23. The minimum Gasteiger partial charge on any atom is -0.365 e. The molecular formula is C13H22O. The molecule has 14 heavy (non-hydrogen) atoms. The van der Waals surface area contributed by atoms with Gasteiger partial charge in [-0.2, -0.15) is 0 Å². The lowest BCUT2D eigenvalue weighted by Gasteiger charge is -2.18. The van der Waals surface area contributed by atoms with Crippen molar-refractivity contribution in [2.45, 2.75) is 70.0 Å². The zero-order valence-electron chi connectivity index (χ0n) is 9.30. The first-order chi connectivity index (χ1) is 6.87. The summed E-state index contributed by atoms with van der Waals surface area (Å²) in [5.41, 5.74) is 0.427. The number of ether oxygens (including phenoxy) is 1. The average molecular weight is 194 g/mol. The van der Waals surface area contributed by atoms with Crippen LogP contribution in [-0.2, 0) is 4.74 Å². The molecule has 1 nitrogen and oxygen atoms in total. The van der Waals surface area contributed by atoms with Gasteiger partial charge in [-0.15, -0.1) is 0 Å². The summed E-state index contributed by atoms with van der Waals surface area (Å²) in [5.74, 6) is 1.92. The molecule has 4 unspecified atom stereocenters. The third-order valence-electron chi connectivity index (χ3n) is 4.78. The molecule has 1 heterocycles. The largest absolute Gasteiger partial charge is 0.365 e. The highest BCUT2D eigenvalue weighted by Crippen LogP contribution is 2.65. The Morgan fingerprint density at radius 2 is 2.14 bits per heavy atom. The Kier molecular flexibility index (Phi) is 2.12. The number of rotatable bonds is 5. The fourth-order valence-electron chi connectivity index (χ4n) is 3.99. The maximum absolute atomic E-state index is 6.01. The molecule has 3 fully saturated rings. The molecule has 2 bridgehead atoms. The van der Waals surface area contributed by atoms with E-state index in [1.807, 2.05) is 0 Å². The molecular weight excluding hydrogens is 172 g/mol. The van der Waals surface area contributed by atoms with Crippen LogP contribution in [0.5, 0.6) is 0 Å². The van der Waals surface area contributed by atoms with Gasteiger partial charge in [-0.1, -0.05) is 32.6 Å². The fourth-order valence-corrected chi connectivity index (χ4v) is 3.99. The van der Waals surface area contributed by atoms with Crippen molar-refractivity contribution in [3.05, 3.63) is 0 Å². The molecule has 0 aromatic heterocycles. The smallest absolute Gasteiger partial charge is 0.0979 e. The molecule has 4 atom stereocenters. The van der Waals surface area contributed by atoms with Gasteiger partial charge in [0, 0.05) is 0 Å². The van der Waals surface area contributed by atoms with E-state index in [9.17, 15) is 0 Å². The van der Waals surface area contributed by atoms with Gasteiger partial charge in [0.05, 0.1) is 11.7 Å². The number of fused-ring (bicyclic) bond motifs is 5. The van der Waals surface area contributed by atoms with Gasteiger partial charge in [0.2, 0.25) is 0 Å². The zero-order chi connectivity index (χ0) is 9.60. The topological polar surface area (TPSA) is 12.5 Å². The van der Waals surface area contributed by atoms with Crippen molar-refractivity contribution in [1.29, 1.82) is 0 Å². The summed E-state index contributed by atoms with van der Waals surface area (Å²) in [6.45, 7) is 2.28. The van der Waals surface area contributed by atoms with E-state index in [-0.39, 0.29) is 0 Å². The summed E-state index contributed by atoms with van der Waals surface area (Å²) in [7, 11) is 0. The van der Waals surface area contributed by atoms with Crippen molar-refractivity contribution in [3.8, 4) is 0 Å². The number of hydrogen-bond acceptors (Lipinski definition) is 1. The molecule has 0 spiro atoms. The van der Waals surface area contributed by atoms with Crippen molar-refractivity contribution < 1.29 is 4.74 Å². The van der Waals surface area contributed by atoms with Crippen molar-refractivity contribution in [1.82, 2.24) is 0 Å². The van der Waals surface area contributed by atoms with Gasteiger partial charge in [0.1, 0.15) is 0 Å². The number of unbranched alkanes of at least 4 members (excludes halogenated alkanes) is 3. The second-order valence-electron chi connectivity index (χ2n) is 5.57. The van der Waals surface area contributed by atoms with Gasteiger partial charge in [-0.05, 0) is 37.5 Å². The van der Waals surface area contributed by atoms with Crippen LogP contribution in [0.4, 0.5) is 0 Å². The van der Waals surface area contributed by atoms with E-state index in [0.29, 0.717) is 11.7 Å². The van der Waals surface area contributed by atoms with E-state index in [2.05, 4.69) is 6.92 Å². The highest BCUT2D eigenvalue weighted by molar-refractivity contribution is 5.18. The Morgan fingerprint density at radius 1 is 1.21 bits per heavy atom. The quantitative estimate of drug-likeness (QED) is 0.482. The third-order valence-corrected chi connectivity index (χ3v) is 4.78. The van der Waals surface area contributed by atoms with Crippen LogP contribution < -0.4 is 0 Å². The predicted molar refractivity (Wildman–Crippen MR) is 57.2 cm³/mol. The normalized spacial score (nSPS) is 48.2.